The van der Waals surface area contributed by atoms with E-state index in [4.69, 9.17) is 4.74 Å². The maximum atomic E-state index is 12.2. The molecule has 2 rings (SSSR count). The SMILES string of the molecule is C/C=C/C(=O)NCCn1cnc(-c2ccc(OCC)cc2)cc1=O. The number of carbonyl (C=O) groups excluding carboxylic acids is 1. The van der Waals surface area contributed by atoms with Crippen molar-refractivity contribution in [3.05, 3.63) is 59.2 Å². The Morgan fingerprint density at radius 3 is 2.71 bits per heavy atom. The summed E-state index contributed by atoms with van der Waals surface area (Å²) in [7, 11) is 0. The van der Waals surface area contributed by atoms with Crippen LogP contribution in [0.3, 0.4) is 0 Å². The zero-order chi connectivity index (χ0) is 17.4. The molecule has 1 aromatic heterocycles. The molecule has 2 aromatic rings. The molecule has 1 aromatic carbocycles. The van der Waals surface area contributed by atoms with Crippen molar-refractivity contribution in [3.63, 3.8) is 0 Å². The van der Waals surface area contributed by atoms with Crippen LogP contribution in [0.25, 0.3) is 11.3 Å². The second kappa shape index (κ2) is 8.67. The van der Waals surface area contributed by atoms with Crippen LogP contribution < -0.4 is 15.6 Å². The van der Waals surface area contributed by atoms with Crippen LogP contribution in [0.5, 0.6) is 5.75 Å². The minimum absolute atomic E-state index is 0.158. The minimum atomic E-state index is -0.176. The number of rotatable bonds is 7. The molecule has 0 aliphatic rings. The first-order chi connectivity index (χ1) is 11.6. The lowest BCUT2D eigenvalue weighted by molar-refractivity contribution is -0.116. The lowest BCUT2D eigenvalue weighted by atomic mass is 10.1. The van der Waals surface area contributed by atoms with Gasteiger partial charge in [0.05, 0.1) is 18.6 Å². The highest BCUT2D eigenvalue weighted by Crippen LogP contribution is 2.19. The van der Waals surface area contributed by atoms with E-state index in [1.807, 2.05) is 31.2 Å². The molecule has 0 atom stereocenters. The van der Waals surface area contributed by atoms with Crippen molar-refractivity contribution in [3.8, 4) is 17.0 Å². The Bertz CT molecular complexity index is 764. The number of allylic oxidation sites excluding steroid dienone is 1. The lowest BCUT2D eigenvalue weighted by Crippen LogP contribution is -2.29. The summed E-state index contributed by atoms with van der Waals surface area (Å²) in [6.07, 6.45) is 4.60. The number of nitrogens with one attached hydrogen (secondary N) is 1. The highest BCUT2D eigenvalue weighted by molar-refractivity contribution is 5.87. The molecule has 126 valence electrons. The molecule has 0 aliphatic heterocycles. The average molecular weight is 327 g/mol. The Kier molecular flexibility index (Phi) is 6.31. The van der Waals surface area contributed by atoms with Crippen LogP contribution in [0, 0.1) is 0 Å². The summed E-state index contributed by atoms with van der Waals surface area (Å²) >= 11 is 0. The standard InChI is InChI=1S/C18H21N3O3/c1-3-5-17(22)19-10-11-21-13-20-16(12-18(21)23)14-6-8-15(9-7-14)24-4-2/h3,5-9,12-13H,4,10-11H2,1-2H3,(H,19,22)/b5-3+. The van der Waals surface area contributed by atoms with Gasteiger partial charge in [-0.05, 0) is 44.2 Å². The molecule has 1 N–H and O–H groups in total. The highest BCUT2D eigenvalue weighted by atomic mass is 16.5. The molecule has 0 aliphatic carbocycles. The Hall–Kier alpha value is -2.89. The van der Waals surface area contributed by atoms with E-state index >= 15 is 0 Å². The second-order valence-corrected chi connectivity index (χ2v) is 5.05. The lowest BCUT2D eigenvalue weighted by Gasteiger charge is -2.08. The first-order valence-corrected chi connectivity index (χ1v) is 7.84. The summed E-state index contributed by atoms with van der Waals surface area (Å²) in [4.78, 5) is 27.8. The molecule has 0 saturated heterocycles. The van der Waals surface area contributed by atoms with Crippen LogP contribution in [0.4, 0.5) is 0 Å². The van der Waals surface area contributed by atoms with Crippen LogP contribution in [0.1, 0.15) is 13.8 Å². The Labute approximate surface area is 140 Å². The van der Waals surface area contributed by atoms with Crippen molar-refractivity contribution in [2.45, 2.75) is 20.4 Å². The summed E-state index contributed by atoms with van der Waals surface area (Å²) in [5, 5.41) is 2.70. The quantitative estimate of drug-likeness (QED) is 0.790. The summed E-state index contributed by atoms with van der Waals surface area (Å²) in [6, 6.07) is 8.93. The van der Waals surface area contributed by atoms with Gasteiger partial charge in [0.1, 0.15) is 5.75 Å². The monoisotopic (exact) mass is 327 g/mol. The third-order valence-corrected chi connectivity index (χ3v) is 3.31. The van der Waals surface area contributed by atoms with Gasteiger partial charge in [0.15, 0.2) is 0 Å². The van der Waals surface area contributed by atoms with Crippen LogP contribution >= 0.6 is 0 Å². The number of aromatic nitrogens is 2. The van der Waals surface area contributed by atoms with Crippen LogP contribution in [0.2, 0.25) is 0 Å². The number of hydrogen-bond donors (Lipinski definition) is 1. The normalized spacial score (nSPS) is 10.8. The van der Waals surface area contributed by atoms with E-state index in [1.54, 1.807) is 13.0 Å². The Morgan fingerprint density at radius 2 is 2.08 bits per heavy atom. The third kappa shape index (κ3) is 4.81. The molecule has 1 amide bonds. The number of ether oxygens (including phenoxy) is 1. The average Bonchev–Trinajstić information content (AvgIpc) is 2.57. The van der Waals surface area contributed by atoms with E-state index in [2.05, 4.69) is 10.3 Å². The smallest absolute Gasteiger partial charge is 0.253 e. The van der Waals surface area contributed by atoms with Crippen molar-refractivity contribution in [1.29, 1.82) is 0 Å². The predicted octanol–water partition coefficient (Wildman–Crippen LogP) is 2.00. The van der Waals surface area contributed by atoms with Gasteiger partial charge < -0.3 is 10.1 Å². The van der Waals surface area contributed by atoms with E-state index in [-0.39, 0.29) is 11.5 Å². The second-order valence-electron chi connectivity index (χ2n) is 5.05. The highest BCUT2D eigenvalue weighted by Gasteiger charge is 2.04. The molecule has 6 nitrogen and oxygen atoms in total. The first kappa shape index (κ1) is 17.5. The van der Waals surface area contributed by atoms with Gasteiger partial charge in [-0.3, -0.25) is 14.2 Å². The fraction of sp³-hybridized carbons (Fsp3) is 0.278. The van der Waals surface area contributed by atoms with Crippen molar-refractivity contribution >= 4 is 5.91 Å². The number of carbonyl (C=O) groups is 1. The maximum Gasteiger partial charge on any atom is 0.253 e. The van der Waals surface area contributed by atoms with Gasteiger partial charge in [-0.1, -0.05) is 6.08 Å². The fourth-order valence-corrected chi connectivity index (χ4v) is 2.15. The van der Waals surface area contributed by atoms with Gasteiger partial charge in [-0.15, -0.1) is 0 Å². The number of amides is 1. The van der Waals surface area contributed by atoms with Crippen molar-refractivity contribution < 1.29 is 9.53 Å². The molecular formula is C18H21N3O3. The predicted molar refractivity (Wildman–Crippen MR) is 92.9 cm³/mol. The van der Waals surface area contributed by atoms with Gasteiger partial charge in [0.2, 0.25) is 5.91 Å². The van der Waals surface area contributed by atoms with Gasteiger partial charge in [-0.25, -0.2) is 4.98 Å². The molecule has 0 spiro atoms. The molecule has 0 bridgehead atoms. The summed E-state index contributed by atoms with van der Waals surface area (Å²) in [5.41, 5.74) is 1.30. The largest absolute Gasteiger partial charge is 0.494 e. The van der Waals surface area contributed by atoms with Crippen LogP contribution in [0.15, 0.2) is 53.6 Å². The summed E-state index contributed by atoms with van der Waals surface area (Å²) in [5.74, 6) is 0.607. The zero-order valence-corrected chi connectivity index (χ0v) is 13.9. The van der Waals surface area contributed by atoms with Crippen molar-refractivity contribution in [1.82, 2.24) is 14.9 Å². The fourth-order valence-electron chi connectivity index (χ4n) is 2.15. The molecule has 1 heterocycles. The van der Waals surface area contributed by atoms with Crippen molar-refractivity contribution in [2.75, 3.05) is 13.2 Å². The maximum absolute atomic E-state index is 12.2. The zero-order valence-electron chi connectivity index (χ0n) is 13.9. The molecule has 0 saturated carbocycles. The number of benzene rings is 1. The van der Waals surface area contributed by atoms with Gasteiger partial charge in [-0.2, -0.15) is 0 Å². The van der Waals surface area contributed by atoms with Crippen LogP contribution in [-0.4, -0.2) is 28.6 Å². The van der Waals surface area contributed by atoms with E-state index < -0.39 is 0 Å². The number of nitrogens with zero attached hydrogens (tertiary/aromatic N) is 2. The number of hydrogen-bond acceptors (Lipinski definition) is 4. The van der Waals surface area contributed by atoms with Crippen LogP contribution in [-0.2, 0) is 11.3 Å². The minimum Gasteiger partial charge on any atom is -0.494 e. The molecule has 0 radical (unpaired) electrons. The Morgan fingerprint density at radius 1 is 1.33 bits per heavy atom. The van der Waals surface area contributed by atoms with Crippen molar-refractivity contribution in [2.24, 2.45) is 0 Å². The summed E-state index contributed by atoms with van der Waals surface area (Å²) in [6.45, 7) is 5.05. The molecule has 0 unspecified atom stereocenters. The van der Waals surface area contributed by atoms with Gasteiger partial charge in [0, 0.05) is 24.7 Å². The van der Waals surface area contributed by atoms with Gasteiger partial charge in [0.25, 0.3) is 5.56 Å². The van der Waals surface area contributed by atoms with E-state index in [1.165, 1.54) is 23.0 Å². The summed E-state index contributed by atoms with van der Waals surface area (Å²) < 4.78 is 6.86. The molecule has 6 heteroatoms. The van der Waals surface area contributed by atoms with E-state index in [0.29, 0.717) is 25.4 Å². The first-order valence-electron chi connectivity index (χ1n) is 7.84. The third-order valence-electron chi connectivity index (χ3n) is 3.31. The van der Waals surface area contributed by atoms with E-state index in [0.717, 1.165) is 11.3 Å². The topological polar surface area (TPSA) is 73.2 Å². The molecule has 0 fully saturated rings. The van der Waals surface area contributed by atoms with Gasteiger partial charge >= 0.3 is 0 Å². The molecule has 24 heavy (non-hydrogen) atoms. The Balaban J connectivity index is 2.03. The molecular weight excluding hydrogens is 306 g/mol. The van der Waals surface area contributed by atoms with E-state index in [9.17, 15) is 9.59 Å².